The molecule has 1 fully saturated rings. The average molecular weight is 426 g/mol. The van der Waals surface area contributed by atoms with E-state index in [1.807, 2.05) is 12.1 Å². The van der Waals surface area contributed by atoms with Crippen LogP contribution in [0, 0.1) is 6.92 Å². The van der Waals surface area contributed by atoms with Gasteiger partial charge in [-0.3, -0.25) is 0 Å². The maximum absolute atomic E-state index is 12.8. The number of rotatable bonds is 6. The zero-order chi connectivity index (χ0) is 20.3. The summed E-state index contributed by atoms with van der Waals surface area (Å²) >= 11 is 5.87. The minimum Gasteiger partial charge on any atom is -0.493 e. The molecule has 0 unspecified atom stereocenters. The van der Waals surface area contributed by atoms with Gasteiger partial charge in [0.2, 0.25) is 10.0 Å². The second kappa shape index (κ2) is 8.69. The normalized spacial score (nSPS) is 16.1. The number of nitrogens with zero attached hydrogens (tertiary/aromatic N) is 1. The fourth-order valence-corrected chi connectivity index (χ4v) is 5.03. The molecule has 1 N–H and O–H groups in total. The van der Waals surface area contributed by atoms with Crippen molar-refractivity contribution in [1.29, 1.82) is 0 Å². The van der Waals surface area contributed by atoms with E-state index < -0.39 is 10.0 Å². The summed E-state index contributed by atoms with van der Waals surface area (Å²) in [5.74, 6) is 1.43. The first kappa shape index (κ1) is 20.9. The van der Waals surface area contributed by atoms with Crippen molar-refractivity contribution < 1.29 is 22.8 Å². The van der Waals surface area contributed by atoms with Crippen LogP contribution in [0.15, 0.2) is 41.3 Å². The van der Waals surface area contributed by atoms with Gasteiger partial charge in [-0.05, 0) is 48.9 Å². The Kier molecular flexibility index (Phi) is 6.50. The van der Waals surface area contributed by atoms with Crippen LogP contribution < -0.4 is 14.4 Å². The van der Waals surface area contributed by atoms with E-state index in [2.05, 4.69) is 6.92 Å². The summed E-state index contributed by atoms with van der Waals surface area (Å²) in [6.45, 7) is 5.36. The molecule has 0 aromatic heterocycles. The molecule has 3 rings (SSSR count). The molecule has 2 aromatic carbocycles. The minimum absolute atomic E-state index is 0.288. The number of benzene rings is 2. The maximum atomic E-state index is 12.8. The SMILES string of the molecule is COc1cc(C)c(C[NH+]2CCN(S(=O)(=O)c3ccc(Cl)cc3)CC2)cc1OC. The van der Waals surface area contributed by atoms with Crippen molar-refractivity contribution in [3.63, 3.8) is 0 Å². The monoisotopic (exact) mass is 425 g/mol. The third-order valence-electron chi connectivity index (χ3n) is 5.16. The molecule has 8 heteroatoms. The maximum Gasteiger partial charge on any atom is 0.243 e. The van der Waals surface area contributed by atoms with Crippen LogP contribution in [0.4, 0.5) is 0 Å². The lowest BCUT2D eigenvalue weighted by atomic mass is 10.1. The second-order valence-corrected chi connectivity index (χ2v) is 9.29. The second-order valence-electron chi connectivity index (χ2n) is 6.92. The Hall–Kier alpha value is -1.80. The predicted octanol–water partition coefficient (Wildman–Crippen LogP) is 1.76. The molecule has 6 nitrogen and oxygen atoms in total. The van der Waals surface area contributed by atoms with E-state index in [9.17, 15) is 8.42 Å². The Morgan fingerprint density at radius 2 is 1.61 bits per heavy atom. The molecule has 28 heavy (non-hydrogen) atoms. The van der Waals surface area contributed by atoms with E-state index in [0.29, 0.717) is 23.9 Å². The molecule has 1 aliphatic rings. The molecule has 0 aliphatic carbocycles. The molecule has 1 saturated heterocycles. The lowest BCUT2D eigenvalue weighted by molar-refractivity contribution is -0.917. The zero-order valence-electron chi connectivity index (χ0n) is 16.4. The molecule has 0 bridgehead atoms. The molecule has 1 heterocycles. The molecule has 0 saturated carbocycles. The van der Waals surface area contributed by atoms with Gasteiger partial charge in [-0.1, -0.05) is 11.6 Å². The molecule has 2 aromatic rings. The van der Waals surface area contributed by atoms with E-state index in [4.69, 9.17) is 21.1 Å². The highest BCUT2D eigenvalue weighted by atomic mass is 35.5. The minimum atomic E-state index is -3.48. The van der Waals surface area contributed by atoms with Crippen molar-refractivity contribution in [3.05, 3.63) is 52.5 Å². The Morgan fingerprint density at radius 3 is 2.18 bits per heavy atom. The number of sulfonamides is 1. The van der Waals surface area contributed by atoms with Crippen molar-refractivity contribution in [2.45, 2.75) is 18.4 Å². The lowest BCUT2D eigenvalue weighted by Crippen LogP contribution is -3.13. The number of methoxy groups -OCH3 is 2. The third-order valence-corrected chi connectivity index (χ3v) is 7.33. The highest BCUT2D eigenvalue weighted by Gasteiger charge is 2.30. The summed E-state index contributed by atoms with van der Waals surface area (Å²) < 4.78 is 37.9. The van der Waals surface area contributed by atoms with Gasteiger partial charge in [-0.15, -0.1) is 0 Å². The van der Waals surface area contributed by atoms with Crippen molar-refractivity contribution in [1.82, 2.24) is 4.31 Å². The summed E-state index contributed by atoms with van der Waals surface area (Å²) in [7, 11) is -0.221. The average Bonchev–Trinajstić information content (AvgIpc) is 2.70. The standard InChI is InChI=1S/C20H25ClN2O4S/c1-15-12-19(26-2)20(27-3)13-16(15)14-22-8-10-23(11-9-22)28(24,25)18-6-4-17(21)5-7-18/h4-7,12-13H,8-11,14H2,1-3H3/p+1. The number of nitrogens with one attached hydrogen (secondary N) is 1. The van der Waals surface area contributed by atoms with Gasteiger partial charge in [0, 0.05) is 10.6 Å². The van der Waals surface area contributed by atoms with Gasteiger partial charge in [0.05, 0.1) is 45.3 Å². The number of ether oxygens (including phenoxy) is 2. The Labute approximate surface area is 171 Å². The molecule has 0 spiro atoms. The molecule has 0 atom stereocenters. The van der Waals surface area contributed by atoms with Gasteiger partial charge in [0.15, 0.2) is 11.5 Å². The van der Waals surface area contributed by atoms with Gasteiger partial charge < -0.3 is 14.4 Å². The van der Waals surface area contributed by atoms with Gasteiger partial charge in [0.1, 0.15) is 6.54 Å². The van der Waals surface area contributed by atoms with Crippen LogP contribution in [0.5, 0.6) is 11.5 Å². The highest BCUT2D eigenvalue weighted by molar-refractivity contribution is 7.89. The number of quaternary nitrogens is 1. The van der Waals surface area contributed by atoms with Crippen LogP contribution in [-0.2, 0) is 16.6 Å². The number of aryl methyl sites for hydroxylation is 1. The fourth-order valence-electron chi connectivity index (χ4n) is 3.46. The first-order chi connectivity index (χ1) is 13.3. The summed E-state index contributed by atoms with van der Waals surface area (Å²) in [4.78, 5) is 1.63. The van der Waals surface area contributed by atoms with Crippen molar-refractivity contribution >= 4 is 21.6 Å². The van der Waals surface area contributed by atoms with Gasteiger partial charge in [-0.2, -0.15) is 4.31 Å². The summed E-state index contributed by atoms with van der Waals surface area (Å²) in [5.41, 5.74) is 2.32. The number of piperazine rings is 1. The smallest absolute Gasteiger partial charge is 0.243 e. The van der Waals surface area contributed by atoms with Crippen LogP contribution in [0.2, 0.25) is 5.02 Å². The first-order valence-corrected chi connectivity index (χ1v) is 11.0. The molecular weight excluding hydrogens is 400 g/mol. The van der Waals surface area contributed by atoms with Gasteiger partial charge in [-0.25, -0.2) is 8.42 Å². The van der Waals surface area contributed by atoms with E-state index in [1.165, 1.54) is 10.5 Å². The first-order valence-electron chi connectivity index (χ1n) is 9.16. The Balaban J connectivity index is 1.67. The van der Waals surface area contributed by atoms with Crippen LogP contribution >= 0.6 is 11.6 Å². The van der Waals surface area contributed by atoms with E-state index >= 15 is 0 Å². The third kappa shape index (κ3) is 4.43. The number of hydrogen-bond acceptors (Lipinski definition) is 4. The van der Waals surface area contributed by atoms with Crippen LogP contribution in [0.3, 0.4) is 0 Å². The summed E-state index contributed by atoms with van der Waals surface area (Å²) in [6.07, 6.45) is 0. The number of halogens is 1. The van der Waals surface area contributed by atoms with Crippen LogP contribution in [-0.4, -0.2) is 53.1 Å². The van der Waals surface area contributed by atoms with Crippen molar-refractivity contribution in [2.24, 2.45) is 0 Å². The molecular formula is C20H26ClN2O4S+. The Morgan fingerprint density at radius 1 is 1.04 bits per heavy atom. The summed E-state index contributed by atoms with van der Waals surface area (Å²) in [6, 6.07) is 10.3. The highest BCUT2D eigenvalue weighted by Crippen LogP contribution is 2.30. The van der Waals surface area contributed by atoms with Crippen molar-refractivity contribution in [3.8, 4) is 11.5 Å². The molecule has 0 radical (unpaired) electrons. The molecule has 1 aliphatic heterocycles. The lowest BCUT2D eigenvalue weighted by Gasteiger charge is -2.32. The number of hydrogen-bond donors (Lipinski definition) is 1. The topological polar surface area (TPSA) is 60.3 Å². The quantitative estimate of drug-likeness (QED) is 0.766. The largest absolute Gasteiger partial charge is 0.493 e. The molecule has 0 amide bonds. The van der Waals surface area contributed by atoms with Crippen LogP contribution in [0.1, 0.15) is 11.1 Å². The van der Waals surface area contributed by atoms with Gasteiger partial charge in [0.25, 0.3) is 0 Å². The Bertz CT molecular complexity index is 924. The van der Waals surface area contributed by atoms with Gasteiger partial charge >= 0.3 is 0 Å². The van der Waals surface area contributed by atoms with E-state index in [0.717, 1.165) is 30.9 Å². The fraction of sp³-hybridized carbons (Fsp3) is 0.400. The van der Waals surface area contributed by atoms with E-state index in [1.54, 1.807) is 42.8 Å². The molecule has 152 valence electrons. The zero-order valence-corrected chi connectivity index (χ0v) is 17.9. The van der Waals surface area contributed by atoms with E-state index in [-0.39, 0.29) is 4.90 Å². The summed E-state index contributed by atoms with van der Waals surface area (Å²) in [5, 5.41) is 0.526. The van der Waals surface area contributed by atoms with Crippen molar-refractivity contribution in [2.75, 3.05) is 40.4 Å². The van der Waals surface area contributed by atoms with Crippen LogP contribution in [0.25, 0.3) is 0 Å². The predicted molar refractivity (Wildman–Crippen MR) is 109 cm³/mol.